The standard InChI is InChI=1S/C12H14N4OS/c1-7-4-5-9(6-8(7)2)10-11(17)16(13)12(18-3)15-14-10/h4-6H,13H2,1-3H3. The normalized spacial score (nSPS) is 10.6. The van der Waals surface area contributed by atoms with Crippen molar-refractivity contribution >= 4 is 11.8 Å². The first kappa shape index (κ1) is 12.6. The lowest BCUT2D eigenvalue weighted by Crippen LogP contribution is -2.31. The molecule has 18 heavy (non-hydrogen) atoms. The maximum atomic E-state index is 12.1. The fourth-order valence-electron chi connectivity index (χ4n) is 1.59. The van der Waals surface area contributed by atoms with Crippen LogP contribution in [0.1, 0.15) is 11.1 Å². The van der Waals surface area contributed by atoms with Gasteiger partial charge in [0.2, 0.25) is 5.16 Å². The molecule has 0 bridgehead atoms. The van der Waals surface area contributed by atoms with Crippen molar-refractivity contribution in [2.45, 2.75) is 19.0 Å². The van der Waals surface area contributed by atoms with Gasteiger partial charge in [0, 0.05) is 5.56 Å². The predicted molar refractivity (Wildman–Crippen MR) is 73.1 cm³/mol. The summed E-state index contributed by atoms with van der Waals surface area (Å²) in [5.41, 5.74) is 2.95. The maximum absolute atomic E-state index is 12.1. The molecule has 0 aliphatic rings. The molecule has 2 rings (SSSR count). The second-order valence-electron chi connectivity index (χ2n) is 4.01. The number of nitrogens with two attached hydrogens (primary N) is 1. The van der Waals surface area contributed by atoms with Crippen molar-refractivity contribution in [3.05, 3.63) is 39.7 Å². The Labute approximate surface area is 109 Å². The summed E-state index contributed by atoms with van der Waals surface area (Å²) in [6.45, 7) is 4.01. The minimum Gasteiger partial charge on any atom is -0.334 e. The lowest BCUT2D eigenvalue weighted by atomic mass is 10.0. The van der Waals surface area contributed by atoms with Gasteiger partial charge in [-0.3, -0.25) is 4.79 Å². The molecule has 6 heteroatoms. The van der Waals surface area contributed by atoms with E-state index in [1.54, 1.807) is 6.26 Å². The fraction of sp³-hybridized carbons (Fsp3) is 0.250. The molecule has 0 spiro atoms. The molecule has 2 N–H and O–H groups in total. The zero-order valence-electron chi connectivity index (χ0n) is 10.5. The van der Waals surface area contributed by atoms with Crippen LogP contribution in [0.25, 0.3) is 11.3 Å². The van der Waals surface area contributed by atoms with Crippen LogP contribution in [0.4, 0.5) is 0 Å². The van der Waals surface area contributed by atoms with E-state index in [4.69, 9.17) is 5.84 Å². The van der Waals surface area contributed by atoms with E-state index in [0.29, 0.717) is 5.16 Å². The van der Waals surface area contributed by atoms with E-state index >= 15 is 0 Å². The van der Waals surface area contributed by atoms with Crippen molar-refractivity contribution in [1.29, 1.82) is 0 Å². The van der Waals surface area contributed by atoms with Gasteiger partial charge in [0.25, 0.3) is 5.56 Å². The van der Waals surface area contributed by atoms with Crippen molar-refractivity contribution < 1.29 is 0 Å². The number of nitrogen functional groups attached to an aromatic ring is 1. The number of hydrogen-bond donors (Lipinski definition) is 1. The van der Waals surface area contributed by atoms with Crippen molar-refractivity contribution in [1.82, 2.24) is 14.9 Å². The molecule has 0 aliphatic heterocycles. The molecule has 1 aromatic carbocycles. The lowest BCUT2D eigenvalue weighted by molar-refractivity contribution is 0.705. The minimum absolute atomic E-state index is 0.276. The maximum Gasteiger partial charge on any atom is 0.299 e. The third-order valence-electron chi connectivity index (χ3n) is 2.83. The smallest absolute Gasteiger partial charge is 0.299 e. The van der Waals surface area contributed by atoms with Crippen molar-refractivity contribution in [2.24, 2.45) is 0 Å². The molecule has 5 nitrogen and oxygen atoms in total. The largest absolute Gasteiger partial charge is 0.334 e. The van der Waals surface area contributed by atoms with Gasteiger partial charge in [0.05, 0.1) is 0 Å². The Kier molecular flexibility index (Phi) is 3.38. The summed E-state index contributed by atoms with van der Waals surface area (Å²) < 4.78 is 1.03. The number of hydrogen-bond acceptors (Lipinski definition) is 5. The third kappa shape index (κ3) is 2.11. The first-order chi connectivity index (χ1) is 8.54. The highest BCUT2D eigenvalue weighted by Gasteiger charge is 2.11. The van der Waals surface area contributed by atoms with E-state index in [-0.39, 0.29) is 11.3 Å². The second-order valence-corrected chi connectivity index (χ2v) is 4.78. The van der Waals surface area contributed by atoms with Crippen LogP contribution in [-0.2, 0) is 0 Å². The lowest BCUT2D eigenvalue weighted by Gasteiger charge is -2.07. The summed E-state index contributed by atoms with van der Waals surface area (Å²) in [6.07, 6.45) is 1.79. The van der Waals surface area contributed by atoms with E-state index in [2.05, 4.69) is 10.2 Å². The van der Waals surface area contributed by atoms with Gasteiger partial charge >= 0.3 is 0 Å². The average Bonchev–Trinajstić information content (AvgIpc) is 2.36. The summed E-state index contributed by atoms with van der Waals surface area (Å²) in [5.74, 6) is 5.68. The molecular weight excluding hydrogens is 248 g/mol. The van der Waals surface area contributed by atoms with Gasteiger partial charge in [-0.15, -0.1) is 10.2 Å². The Balaban J connectivity index is 2.61. The molecule has 0 atom stereocenters. The zero-order valence-corrected chi connectivity index (χ0v) is 11.3. The molecule has 0 amide bonds. The SMILES string of the molecule is CSc1nnc(-c2ccc(C)c(C)c2)c(=O)n1N. The molecule has 0 unspecified atom stereocenters. The average molecular weight is 262 g/mol. The van der Waals surface area contributed by atoms with Gasteiger partial charge in [-0.2, -0.15) is 4.68 Å². The number of aryl methyl sites for hydroxylation is 2. The van der Waals surface area contributed by atoms with Crippen LogP contribution in [0, 0.1) is 13.8 Å². The van der Waals surface area contributed by atoms with Gasteiger partial charge in [-0.05, 0) is 37.3 Å². The molecule has 1 aromatic heterocycles. The third-order valence-corrected chi connectivity index (χ3v) is 3.47. The topological polar surface area (TPSA) is 73.8 Å². The first-order valence-corrected chi connectivity index (χ1v) is 6.63. The summed E-state index contributed by atoms with van der Waals surface area (Å²) in [6, 6.07) is 5.72. The van der Waals surface area contributed by atoms with E-state index in [9.17, 15) is 4.79 Å². The Morgan fingerprint density at radius 1 is 1.22 bits per heavy atom. The molecule has 1 heterocycles. The van der Waals surface area contributed by atoms with Crippen molar-refractivity contribution in [2.75, 3.05) is 12.1 Å². The number of aromatic nitrogens is 3. The molecule has 0 fully saturated rings. The first-order valence-electron chi connectivity index (χ1n) is 5.41. The van der Waals surface area contributed by atoms with Crippen LogP contribution in [-0.4, -0.2) is 21.1 Å². The highest BCUT2D eigenvalue weighted by atomic mass is 32.2. The molecule has 0 saturated carbocycles. The summed E-state index contributed by atoms with van der Waals surface area (Å²) in [7, 11) is 0. The van der Waals surface area contributed by atoms with Crippen molar-refractivity contribution in [3.63, 3.8) is 0 Å². The Bertz CT molecular complexity index is 651. The van der Waals surface area contributed by atoms with Crippen LogP contribution >= 0.6 is 11.8 Å². The van der Waals surface area contributed by atoms with E-state index in [1.807, 2.05) is 32.0 Å². The van der Waals surface area contributed by atoms with Crippen LogP contribution < -0.4 is 11.4 Å². The van der Waals surface area contributed by atoms with Gasteiger partial charge in [-0.1, -0.05) is 23.9 Å². The van der Waals surface area contributed by atoms with E-state index < -0.39 is 0 Å². The summed E-state index contributed by atoms with van der Waals surface area (Å²) >= 11 is 1.28. The predicted octanol–water partition coefficient (Wildman–Crippen LogP) is 1.36. The van der Waals surface area contributed by atoms with Crippen molar-refractivity contribution in [3.8, 4) is 11.3 Å². The molecule has 0 aliphatic carbocycles. The quantitative estimate of drug-likeness (QED) is 0.653. The molecule has 0 radical (unpaired) electrons. The number of nitrogens with zero attached hydrogens (tertiary/aromatic N) is 3. The Morgan fingerprint density at radius 2 is 1.94 bits per heavy atom. The highest BCUT2D eigenvalue weighted by Crippen LogP contribution is 2.17. The van der Waals surface area contributed by atoms with E-state index in [0.717, 1.165) is 15.8 Å². The highest BCUT2D eigenvalue weighted by molar-refractivity contribution is 7.98. The molecule has 0 saturated heterocycles. The second kappa shape index (κ2) is 4.81. The number of thioether (sulfide) groups is 1. The van der Waals surface area contributed by atoms with Gasteiger partial charge in [-0.25, -0.2) is 0 Å². The zero-order chi connectivity index (χ0) is 13.3. The van der Waals surface area contributed by atoms with Gasteiger partial charge in [0.1, 0.15) is 0 Å². The van der Waals surface area contributed by atoms with Gasteiger partial charge in [0.15, 0.2) is 5.69 Å². The van der Waals surface area contributed by atoms with Gasteiger partial charge < -0.3 is 5.84 Å². The van der Waals surface area contributed by atoms with Crippen LogP contribution in [0.2, 0.25) is 0 Å². The van der Waals surface area contributed by atoms with E-state index in [1.165, 1.54) is 17.3 Å². The van der Waals surface area contributed by atoms with Crippen LogP contribution in [0.3, 0.4) is 0 Å². The number of benzene rings is 1. The Morgan fingerprint density at radius 3 is 2.56 bits per heavy atom. The number of rotatable bonds is 2. The summed E-state index contributed by atoms with van der Waals surface area (Å²) in [4.78, 5) is 12.1. The monoisotopic (exact) mass is 262 g/mol. The molecular formula is C12H14N4OS. The minimum atomic E-state index is -0.336. The fourth-order valence-corrected chi connectivity index (χ4v) is 2.00. The van der Waals surface area contributed by atoms with Crippen LogP contribution in [0.15, 0.2) is 28.2 Å². The molecule has 94 valence electrons. The molecule has 2 aromatic rings. The Hall–Kier alpha value is -1.82. The van der Waals surface area contributed by atoms with Crippen LogP contribution in [0.5, 0.6) is 0 Å². The summed E-state index contributed by atoms with van der Waals surface area (Å²) in [5, 5.41) is 8.30.